The smallest absolute Gasteiger partial charge is 0.411 e. The number of carbonyl (C=O) groups excluding carboxylic acids is 1. The molecule has 2 aliphatic rings. The third kappa shape index (κ3) is 3.91. The van der Waals surface area contributed by atoms with Gasteiger partial charge in [-0.15, -0.1) is 0 Å². The van der Waals surface area contributed by atoms with Crippen LogP contribution in [-0.2, 0) is 4.74 Å². The van der Waals surface area contributed by atoms with Gasteiger partial charge in [-0.25, -0.2) is 4.79 Å². The van der Waals surface area contributed by atoms with Gasteiger partial charge in [-0.3, -0.25) is 5.32 Å². The molecule has 0 unspecified atom stereocenters. The number of halogens is 1. The molecule has 0 bridgehead atoms. The van der Waals surface area contributed by atoms with Crippen LogP contribution in [0.4, 0.5) is 10.5 Å². The van der Waals surface area contributed by atoms with E-state index in [1.54, 1.807) is 24.3 Å². The van der Waals surface area contributed by atoms with Crippen LogP contribution in [0.15, 0.2) is 24.3 Å². The van der Waals surface area contributed by atoms with Crippen LogP contribution in [0.25, 0.3) is 0 Å². The van der Waals surface area contributed by atoms with Crippen LogP contribution in [0.1, 0.15) is 44.9 Å². The van der Waals surface area contributed by atoms with Gasteiger partial charge in [0.25, 0.3) is 0 Å². The number of rotatable bonds is 2. The van der Waals surface area contributed by atoms with E-state index in [1.807, 2.05) is 0 Å². The Morgan fingerprint density at radius 3 is 2.52 bits per heavy atom. The number of nitrogens with one attached hydrogen (secondary N) is 1. The van der Waals surface area contributed by atoms with Crippen molar-refractivity contribution in [2.24, 2.45) is 11.8 Å². The Morgan fingerprint density at radius 1 is 1.05 bits per heavy atom. The molecule has 0 aromatic heterocycles. The van der Waals surface area contributed by atoms with Gasteiger partial charge in [-0.05, 0) is 55.4 Å². The van der Waals surface area contributed by atoms with Crippen LogP contribution < -0.4 is 5.32 Å². The molecule has 21 heavy (non-hydrogen) atoms. The van der Waals surface area contributed by atoms with E-state index in [-0.39, 0.29) is 12.2 Å². The van der Waals surface area contributed by atoms with Crippen molar-refractivity contribution in [1.82, 2.24) is 0 Å². The maximum absolute atomic E-state index is 12.0. The van der Waals surface area contributed by atoms with Crippen LogP contribution in [0.3, 0.4) is 0 Å². The predicted molar refractivity (Wildman–Crippen MR) is 84.6 cm³/mol. The van der Waals surface area contributed by atoms with E-state index in [0.29, 0.717) is 5.02 Å². The zero-order chi connectivity index (χ0) is 14.7. The fourth-order valence-corrected chi connectivity index (χ4v) is 3.90. The summed E-state index contributed by atoms with van der Waals surface area (Å²) in [6.45, 7) is 0. The predicted octanol–water partition coefficient (Wildman–Crippen LogP) is 5.25. The zero-order valence-corrected chi connectivity index (χ0v) is 12.9. The summed E-state index contributed by atoms with van der Waals surface area (Å²) < 4.78 is 5.59. The Balaban J connectivity index is 1.49. The maximum atomic E-state index is 12.0. The molecule has 0 saturated heterocycles. The van der Waals surface area contributed by atoms with Crippen LogP contribution in [0, 0.1) is 11.8 Å². The van der Waals surface area contributed by atoms with Crippen molar-refractivity contribution in [3.05, 3.63) is 29.3 Å². The van der Waals surface area contributed by atoms with E-state index in [9.17, 15) is 4.79 Å². The lowest BCUT2D eigenvalue weighted by Crippen LogP contribution is -2.33. The molecular formula is C17H22ClNO2. The fraction of sp³-hybridized carbons (Fsp3) is 0.588. The molecule has 1 N–H and O–H groups in total. The minimum absolute atomic E-state index is 0.0802. The van der Waals surface area contributed by atoms with E-state index >= 15 is 0 Å². The van der Waals surface area contributed by atoms with Gasteiger partial charge in [-0.1, -0.05) is 37.3 Å². The summed E-state index contributed by atoms with van der Waals surface area (Å²) in [6.07, 6.45) is 8.39. The highest BCUT2D eigenvalue weighted by atomic mass is 35.5. The summed E-state index contributed by atoms with van der Waals surface area (Å²) in [6, 6.07) is 7.07. The normalized spacial score (nSPS) is 28.5. The largest absolute Gasteiger partial charge is 0.446 e. The first-order valence-electron chi connectivity index (χ1n) is 7.94. The number of carbonyl (C=O) groups is 1. The Bertz CT molecular complexity index is 488. The number of hydrogen-bond acceptors (Lipinski definition) is 2. The lowest BCUT2D eigenvalue weighted by atomic mass is 9.70. The van der Waals surface area contributed by atoms with Gasteiger partial charge >= 0.3 is 6.09 Å². The number of hydrogen-bond donors (Lipinski definition) is 1. The second-order valence-electron chi connectivity index (χ2n) is 6.28. The zero-order valence-electron chi connectivity index (χ0n) is 12.2. The molecule has 3 rings (SSSR count). The Labute approximate surface area is 131 Å². The first-order chi connectivity index (χ1) is 10.2. The molecular weight excluding hydrogens is 286 g/mol. The van der Waals surface area contributed by atoms with Crippen LogP contribution in [-0.4, -0.2) is 12.2 Å². The van der Waals surface area contributed by atoms with Crippen molar-refractivity contribution in [2.45, 2.75) is 51.0 Å². The molecule has 4 heteroatoms. The molecule has 0 spiro atoms. The van der Waals surface area contributed by atoms with E-state index in [2.05, 4.69) is 5.32 Å². The van der Waals surface area contributed by atoms with E-state index in [0.717, 1.165) is 30.4 Å². The molecule has 1 amide bonds. The molecule has 1 aromatic carbocycles. The third-order valence-electron chi connectivity index (χ3n) is 4.86. The highest BCUT2D eigenvalue weighted by Crippen LogP contribution is 2.41. The van der Waals surface area contributed by atoms with E-state index < -0.39 is 0 Å². The van der Waals surface area contributed by atoms with Gasteiger partial charge in [0.1, 0.15) is 6.10 Å². The van der Waals surface area contributed by atoms with Crippen LogP contribution in [0.2, 0.25) is 5.02 Å². The number of amides is 1. The molecule has 2 aliphatic carbocycles. The second kappa shape index (κ2) is 6.69. The van der Waals surface area contributed by atoms with Gasteiger partial charge in [-0.2, -0.15) is 0 Å². The van der Waals surface area contributed by atoms with Crippen molar-refractivity contribution < 1.29 is 9.53 Å². The highest BCUT2D eigenvalue weighted by molar-refractivity contribution is 6.30. The molecule has 3 nitrogen and oxygen atoms in total. The molecule has 114 valence electrons. The van der Waals surface area contributed by atoms with Crippen molar-refractivity contribution in [3.8, 4) is 0 Å². The molecule has 2 saturated carbocycles. The van der Waals surface area contributed by atoms with Gasteiger partial charge < -0.3 is 4.74 Å². The Morgan fingerprint density at radius 2 is 1.76 bits per heavy atom. The lowest BCUT2D eigenvalue weighted by molar-refractivity contribution is 0.0339. The lowest BCUT2D eigenvalue weighted by Gasteiger charge is -2.38. The van der Waals surface area contributed by atoms with Crippen molar-refractivity contribution >= 4 is 23.4 Å². The number of ether oxygens (including phenoxy) is 1. The van der Waals surface area contributed by atoms with Gasteiger partial charge in [0.05, 0.1) is 0 Å². The van der Waals surface area contributed by atoms with E-state index in [1.165, 1.54) is 32.1 Å². The second-order valence-corrected chi connectivity index (χ2v) is 6.71. The molecule has 0 heterocycles. The SMILES string of the molecule is O=C(Nc1ccc(Cl)cc1)O[C@@H]1CC[C@H]2CCCC[C@@H]2C1. The third-order valence-corrected chi connectivity index (χ3v) is 5.11. The van der Waals surface area contributed by atoms with Gasteiger partial charge in [0.15, 0.2) is 0 Å². The fourth-order valence-electron chi connectivity index (χ4n) is 3.77. The summed E-state index contributed by atoms with van der Waals surface area (Å²) >= 11 is 5.82. The average molecular weight is 308 g/mol. The quantitative estimate of drug-likeness (QED) is 0.810. The Hall–Kier alpha value is -1.22. The molecule has 3 atom stereocenters. The monoisotopic (exact) mass is 307 g/mol. The molecule has 2 fully saturated rings. The van der Waals surface area contributed by atoms with E-state index in [4.69, 9.17) is 16.3 Å². The number of fused-ring (bicyclic) bond motifs is 1. The first-order valence-corrected chi connectivity index (χ1v) is 8.32. The van der Waals surface area contributed by atoms with Crippen molar-refractivity contribution in [1.29, 1.82) is 0 Å². The minimum Gasteiger partial charge on any atom is -0.446 e. The molecule has 1 aromatic rings. The molecule has 0 radical (unpaired) electrons. The standard InChI is InChI=1S/C17H22ClNO2/c18-14-6-8-15(9-7-14)19-17(20)21-16-10-5-12-3-1-2-4-13(12)11-16/h6-9,12-13,16H,1-5,10-11H2,(H,19,20)/t12-,13-,16-/m1/s1. The highest BCUT2D eigenvalue weighted by Gasteiger charge is 2.33. The summed E-state index contributed by atoms with van der Waals surface area (Å²) in [5.41, 5.74) is 0.718. The topological polar surface area (TPSA) is 38.3 Å². The molecule has 0 aliphatic heterocycles. The number of benzene rings is 1. The first kappa shape index (κ1) is 14.7. The summed E-state index contributed by atoms with van der Waals surface area (Å²) in [7, 11) is 0. The maximum Gasteiger partial charge on any atom is 0.411 e. The average Bonchev–Trinajstić information content (AvgIpc) is 2.49. The van der Waals surface area contributed by atoms with Crippen molar-refractivity contribution in [3.63, 3.8) is 0 Å². The van der Waals surface area contributed by atoms with Crippen LogP contribution in [0.5, 0.6) is 0 Å². The van der Waals surface area contributed by atoms with Crippen LogP contribution >= 0.6 is 11.6 Å². The van der Waals surface area contributed by atoms with Crippen molar-refractivity contribution in [2.75, 3.05) is 5.32 Å². The minimum atomic E-state index is -0.350. The summed E-state index contributed by atoms with van der Waals surface area (Å²) in [5, 5.41) is 3.43. The summed E-state index contributed by atoms with van der Waals surface area (Å²) in [4.78, 5) is 12.0. The van der Waals surface area contributed by atoms with Gasteiger partial charge in [0.2, 0.25) is 0 Å². The van der Waals surface area contributed by atoms with Gasteiger partial charge in [0, 0.05) is 10.7 Å². The Kier molecular flexibility index (Phi) is 4.69. The summed E-state index contributed by atoms with van der Waals surface area (Å²) in [5.74, 6) is 1.64. The number of anilines is 1.